The Kier molecular flexibility index (Phi) is 4.40. The number of aliphatic hydroxyl groups excluding tert-OH is 1. The zero-order chi connectivity index (χ0) is 12.2. The first-order chi connectivity index (χ1) is 7.44. The highest BCUT2D eigenvalue weighted by atomic mass is 19.4. The normalized spacial score (nSPS) is 16.8. The average molecular weight is 241 g/mol. The van der Waals surface area contributed by atoms with Crippen molar-refractivity contribution in [3.8, 4) is 0 Å². The molecule has 16 heavy (non-hydrogen) atoms. The number of amides is 1. The number of carbonyl (C=O) groups is 1. The van der Waals surface area contributed by atoms with Crippen LogP contribution in [0.3, 0.4) is 0 Å². The third-order valence-electron chi connectivity index (χ3n) is 2.45. The van der Waals surface area contributed by atoms with Gasteiger partial charge in [0.15, 0.2) is 6.61 Å². The molecule has 7 heteroatoms. The summed E-state index contributed by atoms with van der Waals surface area (Å²) < 4.78 is 39.6. The van der Waals surface area contributed by atoms with Crippen molar-refractivity contribution < 1.29 is 27.8 Å². The Bertz CT molecular complexity index is 241. The van der Waals surface area contributed by atoms with Crippen molar-refractivity contribution >= 4 is 6.09 Å². The topological polar surface area (TPSA) is 49.8 Å². The number of halogens is 3. The highest BCUT2D eigenvalue weighted by Crippen LogP contribution is 2.25. The lowest BCUT2D eigenvalue weighted by Crippen LogP contribution is -2.46. The quantitative estimate of drug-likeness (QED) is 0.812. The number of carbonyl (C=O) groups excluding carboxylic acids is 1. The lowest BCUT2D eigenvalue weighted by atomic mass is 9.92. The molecular weight excluding hydrogens is 227 g/mol. The van der Waals surface area contributed by atoms with Gasteiger partial charge >= 0.3 is 12.3 Å². The van der Waals surface area contributed by atoms with Crippen LogP contribution in [0.4, 0.5) is 18.0 Å². The number of ether oxygens (including phenoxy) is 1. The molecule has 0 atom stereocenters. The molecule has 1 aliphatic carbocycles. The summed E-state index contributed by atoms with van der Waals surface area (Å²) in [6, 6.07) is -0.0899. The highest BCUT2D eigenvalue weighted by molar-refractivity contribution is 5.68. The van der Waals surface area contributed by atoms with Crippen molar-refractivity contribution in [1.29, 1.82) is 0 Å². The van der Waals surface area contributed by atoms with Crippen LogP contribution >= 0.6 is 0 Å². The molecule has 0 aliphatic heterocycles. The SMILES string of the molecule is O=C(OCC(F)(F)F)N(CCO)C1CCC1. The molecule has 0 saturated heterocycles. The molecule has 0 radical (unpaired) electrons. The van der Waals surface area contributed by atoms with Gasteiger partial charge in [-0.15, -0.1) is 0 Å². The van der Waals surface area contributed by atoms with Gasteiger partial charge < -0.3 is 14.7 Å². The van der Waals surface area contributed by atoms with Crippen LogP contribution in [0.25, 0.3) is 0 Å². The fraction of sp³-hybridized carbons (Fsp3) is 0.889. The van der Waals surface area contributed by atoms with Crippen LogP contribution in [0.15, 0.2) is 0 Å². The van der Waals surface area contributed by atoms with Gasteiger partial charge in [-0.25, -0.2) is 4.79 Å². The van der Waals surface area contributed by atoms with E-state index in [0.717, 1.165) is 24.2 Å². The van der Waals surface area contributed by atoms with Crippen molar-refractivity contribution in [2.24, 2.45) is 0 Å². The minimum atomic E-state index is -4.51. The molecule has 4 nitrogen and oxygen atoms in total. The van der Waals surface area contributed by atoms with Gasteiger partial charge in [-0.2, -0.15) is 13.2 Å². The standard InChI is InChI=1S/C9H14F3NO3/c10-9(11,12)6-16-8(15)13(4-5-14)7-2-1-3-7/h7,14H,1-6H2. The van der Waals surface area contributed by atoms with Crippen LogP contribution in [0.2, 0.25) is 0 Å². The second-order valence-electron chi connectivity index (χ2n) is 3.67. The van der Waals surface area contributed by atoms with Crippen LogP contribution in [-0.2, 0) is 4.74 Å². The summed E-state index contributed by atoms with van der Waals surface area (Å²) >= 11 is 0. The van der Waals surface area contributed by atoms with Crippen molar-refractivity contribution in [2.75, 3.05) is 19.8 Å². The largest absolute Gasteiger partial charge is 0.440 e. The number of hydrogen-bond donors (Lipinski definition) is 1. The zero-order valence-electron chi connectivity index (χ0n) is 8.66. The second kappa shape index (κ2) is 5.38. The number of aliphatic hydroxyl groups is 1. The molecule has 0 spiro atoms. The molecule has 1 rings (SSSR count). The van der Waals surface area contributed by atoms with E-state index in [2.05, 4.69) is 4.74 Å². The predicted molar refractivity (Wildman–Crippen MR) is 48.8 cm³/mol. The Morgan fingerprint density at radius 2 is 2.06 bits per heavy atom. The number of nitrogens with zero attached hydrogens (tertiary/aromatic N) is 1. The number of hydrogen-bond acceptors (Lipinski definition) is 3. The molecule has 1 N–H and O–H groups in total. The molecule has 1 fully saturated rings. The molecule has 0 unspecified atom stereocenters. The highest BCUT2D eigenvalue weighted by Gasteiger charge is 2.33. The first kappa shape index (κ1) is 13.1. The molecule has 0 aromatic rings. The molecule has 94 valence electrons. The Hall–Kier alpha value is -0.980. The Labute approximate surface area is 91.0 Å². The van der Waals surface area contributed by atoms with E-state index in [1.807, 2.05) is 0 Å². The Morgan fingerprint density at radius 1 is 1.44 bits per heavy atom. The fourth-order valence-electron chi connectivity index (χ4n) is 1.46. The lowest BCUT2D eigenvalue weighted by molar-refractivity contribution is -0.163. The molecular formula is C9H14F3NO3. The molecule has 0 aromatic heterocycles. The third-order valence-corrected chi connectivity index (χ3v) is 2.45. The van der Waals surface area contributed by atoms with Crippen LogP contribution in [-0.4, -0.2) is 48.1 Å². The van der Waals surface area contributed by atoms with Crippen LogP contribution in [0, 0.1) is 0 Å². The predicted octanol–water partition coefficient (Wildman–Crippen LogP) is 1.53. The second-order valence-corrected chi connectivity index (χ2v) is 3.67. The van der Waals surface area contributed by atoms with Gasteiger partial charge in [0.05, 0.1) is 6.61 Å². The van der Waals surface area contributed by atoms with E-state index in [0.29, 0.717) is 0 Å². The van der Waals surface area contributed by atoms with Crippen LogP contribution in [0.5, 0.6) is 0 Å². The van der Waals surface area contributed by atoms with E-state index in [9.17, 15) is 18.0 Å². The van der Waals surface area contributed by atoms with E-state index in [1.54, 1.807) is 0 Å². The summed E-state index contributed by atoms with van der Waals surface area (Å²) in [5.74, 6) is 0. The van der Waals surface area contributed by atoms with E-state index in [1.165, 1.54) is 0 Å². The van der Waals surface area contributed by atoms with Crippen molar-refractivity contribution in [3.05, 3.63) is 0 Å². The van der Waals surface area contributed by atoms with Crippen molar-refractivity contribution in [3.63, 3.8) is 0 Å². The summed E-state index contributed by atoms with van der Waals surface area (Å²) in [6.45, 7) is -1.85. The molecule has 1 saturated carbocycles. The van der Waals surface area contributed by atoms with Gasteiger partial charge in [0.25, 0.3) is 0 Å². The third kappa shape index (κ3) is 3.88. The van der Waals surface area contributed by atoms with Gasteiger partial charge in [-0.05, 0) is 19.3 Å². The van der Waals surface area contributed by atoms with Crippen LogP contribution < -0.4 is 0 Å². The Balaban J connectivity index is 2.41. The summed E-state index contributed by atoms with van der Waals surface area (Å²) in [5.41, 5.74) is 0. The summed E-state index contributed by atoms with van der Waals surface area (Å²) in [4.78, 5) is 12.5. The maximum Gasteiger partial charge on any atom is 0.422 e. The summed E-state index contributed by atoms with van der Waals surface area (Å²) in [5, 5.41) is 8.71. The summed E-state index contributed by atoms with van der Waals surface area (Å²) in [7, 11) is 0. The molecule has 0 heterocycles. The molecule has 1 aliphatic rings. The smallest absolute Gasteiger partial charge is 0.422 e. The number of rotatable bonds is 4. The Morgan fingerprint density at radius 3 is 2.44 bits per heavy atom. The first-order valence-corrected chi connectivity index (χ1v) is 5.05. The molecule has 1 amide bonds. The van der Waals surface area contributed by atoms with E-state index in [-0.39, 0.29) is 19.2 Å². The van der Waals surface area contributed by atoms with Gasteiger partial charge in [0.2, 0.25) is 0 Å². The van der Waals surface area contributed by atoms with E-state index >= 15 is 0 Å². The molecule has 0 aromatic carbocycles. The minimum absolute atomic E-state index is 0.0152. The minimum Gasteiger partial charge on any atom is -0.440 e. The maximum atomic E-state index is 11.8. The summed E-state index contributed by atoms with van der Waals surface area (Å²) in [6.07, 6.45) is -3.07. The van der Waals surface area contributed by atoms with E-state index < -0.39 is 18.9 Å². The average Bonchev–Trinajstić information content (AvgIpc) is 2.09. The van der Waals surface area contributed by atoms with Gasteiger partial charge in [-0.3, -0.25) is 0 Å². The zero-order valence-corrected chi connectivity index (χ0v) is 8.66. The number of alkyl halides is 3. The van der Waals surface area contributed by atoms with E-state index in [4.69, 9.17) is 5.11 Å². The lowest BCUT2D eigenvalue weighted by Gasteiger charge is -2.36. The first-order valence-electron chi connectivity index (χ1n) is 5.05. The van der Waals surface area contributed by atoms with Crippen molar-refractivity contribution in [1.82, 2.24) is 4.90 Å². The fourth-order valence-corrected chi connectivity index (χ4v) is 1.46. The van der Waals surface area contributed by atoms with Gasteiger partial charge in [0, 0.05) is 12.6 Å². The molecule has 0 bridgehead atoms. The van der Waals surface area contributed by atoms with Crippen LogP contribution in [0.1, 0.15) is 19.3 Å². The van der Waals surface area contributed by atoms with Gasteiger partial charge in [0.1, 0.15) is 0 Å². The monoisotopic (exact) mass is 241 g/mol. The maximum absolute atomic E-state index is 11.8. The van der Waals surface area contributed by atoms with Gasteiger partial charge in [-0.1, -0.05) is 0 Å². The van der Waals surface area contributed by atoms with Crippen molar-refractivity contribution in [2.45, 2.75) is 31.5 Å².